The largest absolute Gasteiger partial charge is 0.0988 e. The molecule has 0 heterocycles. The van der Waals surface area contributed by atoms with Crippen molar-refractivity contribution in [2.24, 2.45) is 0 Å². The lowest BCUT2D eigenvalue weighted by molar-refractivity contribution is 0.608. The van der Waals surface area contributed by atoms with Crippen molar-refractivity contribution in [2.45, 2.75) is 51.9 Å². The summed E-state index contributed by atoms with van der Waals surface area (Å²) < 4.78 is 0. The van der Waals surface area contributed by atoms with Crippen LogP contribution in [0, 0.1) is 0 Å². The van der Waals surface area contributed by atoms with Gasteiger partial charge in [0.25, 0.3) is 0 Å². The maximum absolute atomic E-state index is 3.89. The van der Waals surface area contributed by atoms with Crippen LogP contribution in [0.5, 0.6) is 0 Å². The molecule has 0 aliphatic carbocycles. The Bertz CT molecular complexity index is 122. The Hall–Kier alpha value is -0.520. The molecule has 0 aromatic rings. The van der Waals surface area contributed by atoms with E-state index in [0.717, 1.165) is 6.42 Å². The Balaban J connectivity index is 3.00. The van der Waals surface area contributed by atoms with E-state index in [1.54, 1.807) is 0 Å². The molecular formula is C12H22. The molecule has 0 heteroatoms. The van der Waals surface area contributed by atoms with E-state index in [1.165, 1.54) is 44.1 Å². The highest BCUT2D eigenvalue weighted by Gasteiger charge is 1.90. The molecule has 0 N–H and O–H groups in total. The number of allylic oxidation sites excluding steroid dienone is 2. The topological polar surface area (TPSA) is 0 Å². The number of unbranched alkanes of at least 4 members (excludes halogenated alkanes) is 5. The minimum Gasteiger partial charge on any atom is -0.0988 e. The quantitative estimate of drug-likeness (QED) is 0.368. The average molecular weight is 166 g/mol. The monoisotopic (exact) mass is 166 g/mol. The lowest BCUT2D eigenvalue weighted by Crippen LogP contribution is -1.80. The molecule has 0 fully saturated rings. The Kier molecular flexibility index (Phi) is 8.20. The van der Waals surface area contributed by atoms with E-state index in [4.69, 9.17) is 0 Å². The Morgan fingerprint density at radius 3 is 2.25 bits per heavy atom. The first-order chi connectivity index (χ1) is 5.81. The van der Waals surface area contributed by atoms with Gasteiger partial charge in [-0.2, -0.15) is 0 Å². The summed E-state index contributed by atoms with van der Waals surface area (Å²) >= 11 is 0. The van der Waals surface area contributed by atoms with E-state index >= 15 is 0 Å². The molecular weight excluding hydrogens is 144 g/mol. The van der Waals surface area contributed by atoms with E-state index in [1.807, 2.05) is 6.08 Å². The predicted octanol–water partition coefficient (Wildman–Crippen LogP) is 4.48. The van der Waals surface area contributed by atoms with E-state index < -0.39 is 0 Å². The fraction of sp³-hybridized carbons (Fsp3) is 0.667. The molecule has 0 amide bonds. The number of hydrogen-bond donors (Lipinski definition) is 0. The number of rotatable bonds is 8. The van der Waals surface area contributed by atoms with Crippen molar-refractivity contribution in [3.8, 4) is 0 Å². The van der Waals surface area contributed by atoms with Crippen molar-refractivity contribution in [1.82, 2.24) is 0 Å². The second-order valence-corrected chi connectivity index (χ2v) is 3.38. The van der Waals surface area contributed by atoms with Crippen molar-refractivity contribution in [3.63, 3.8) is 0 Å². The third kappa shape index (κ3) is 7.59. The summed E-state index contributed by atoms with van der Waals surface area (Å²) in [5, 5.41) is 0. The van der Waals surface area contributed by atoms with Crippen LogP contribution in [0.15, 0.2) is 24.8 Å². The van der Waals surface area contributed by atoms with Gasteiger partial charge in [-0.15, -0.1) is 0 Å². The summed E-state index contributed by atoms with van der Waals surface area (Å²) in [5.74, 6) is 0. The molecule has 0 atom stereocenters. The molecule has 0 bridgehead atoms. The van der Waals surface area contributed by atoms with Crippen LogP contribution < -0.4 is 0 Å². The summed E-state index contributed by atoms with van der Waals surface area (Å²) in [7, 11) is 0. The minimum absolute atomic E-state index is 1.13. The Morgan fingerprint density at radius 1 is 1.08 bits per heavy atom. The first-order valence-electron chi connectivity index (χ1n) is 5.11. The Labute approximate surface area is 77.4 Å². The lowest BCUT2D eigenvalue weighted by atomic mass is 10.1. The molecule has 0 radical (unpaired) electrons. The van der Waals surface area contributed by atoms with Crippen molar-refractivity contribution in [3.05, 3.63) is 24.8 Å². The van der Waals surface area contributed by atoms with Gasteiger partial charge in [0.1, 0.15) is 0 Å². The zero-order valence-electron chi connectivity index (χ0n) is 8.44. The van der Waals surface area contributed by atoms with Crippen LogP contribution in [0.4, 0.5) is 0 Å². The average Bonchev–Trinajstić information content (AvgIpc) is 2.10. The van der Waals surface area contributed by atoms with Crippen molar-refractivity contribution in [2.75, 3.05) is 0 Å². The first kappa shape index (κ1) is 11.5. The van der Waals surface area contributed by atoms with Crippen molar-refractivity contribution < 1.29 is 0 Å². The molecule has 70 valence electrons. The number of hydrogen-bond acceptors (Lipinski definition) is 0. The van der Waals surface area contributed by atoms with Gasteiger partial charge in [0.05, 0.1) is 0 Å². The molecule has 0 rings (SSSR count). The third-order valence-corrected chi connectivity index (χ3v) is 2.14. The minimum atomic E-state index is 1.13. The second-order valence-electron chi connectivity index (χ2n) is 3.38. The molecule has 0 saturated carbocycles. The van der Waals surface area contributed by atoms with Gasteiger partial charge in [-0.3, -0.25) is 0 Å². The van der Waals surface area contributed by atoms with Gasteiger partial charge >= 0.3 is 0 Å². The smallest absolute Gasteiger partial charge is 0.0285 e. The van der Waals surface area contributed by atoms with E-state index in [9.17, 15) is 0 Å². The first-order valence-corrected chi connectivity index (χ1v) is 5.11. The van der Waals surface area contributed by atoms with E-state index in [0.29, 0.717) is 0 Å². The lowest BCUT2D eigenvalue weighted by Gasteiger charge is -2.00. The van der Waals surface area contributed by atoms with Crippen LogP contribution in [0.3, 0.4) is 0 Å². The molecule has 0 saturated heterocycles. The van der Waals surface area contributed by atoms with Gasteiger partial charge in [0, 0.05) is 0 Å². The highest BCUT2D eigenvalue weighted by atomic mass is 14.0. The third-order valence-electron chi connectivity index (χ3n) is 2.14. The summed E-state index contributed by atoms with van der Waals surface area (Å²) in [4.78, 5) is 0. The standard InChI is InChI=1S/C12H22/c1-4-6-7-8-9-10-11-12(3)5-2/h5H,2-4,6-11H2,1H3. The van der Waals surface area contributed by atoms with E-state index in [2.05, 4.69) is 20.1 Å². The van der Waals surface area contributed by atoms with E-state index in [-0.39, 0.29) is 0 Å². The van der Waals surface area contributed by atoms with Crippen LogP contribution in [-0.4, -0.2) is 0 Å². The molecule has 0 unspecified atom stereocenters. The van der Waals surface area contributed by atoms with Gasteiger partial charge in [-0.25, -0.2) is 0 Å². The van der Waals surface area contributed by atoms with Gasteiger partial charge in [0.15, 0.2) is 0 Å². The zero-order valence-corrected chi connectivity index (χ0v) is 8.44. The van der Waals surface area contributed by atoms with Crippen LogP contribution in [-0.2, 0) is 0 Å². The fourth-order valence-electron chi connectivity index (χ4n) is 1.23. The van der Waals surface area contributed by atoms with Crippen LogP contribution in [0.1, 0.15) is 51.9 Å². The van der Waals surface area contributed by atoms with Gasteiger partial charge < -0.3 is 0 Å². The molecule has 0 aromatic heterocycles. The Morgan fingerprint density at radius 2 is 1.67 bits per heavy atom. The maximum atomic E-state index is 3.89. The van der Waals surface area contributed by atoms with Crippen LogP contribution in [0.25, 0.3) is 0 Å². The fourth-order valence-corrected chi connectivity index (χ4v) is 1.23. The molecule has 0 aromatic carbocycles. The summed E-state index contributed by atoms with van der Waals surface area (Å²) in [5.41, 5.74) is 1.19. The van der Waals surface area contributed by atoms with Crippen molar-refractivity contribution >= 4 is 0 Å². The SMILES string of the molecule is C=CC(=C)CCCCCCCC. The molecule has 0 aliphatic rings. The van der Waals surface area contributed by atoms with Gasteiger partial charge in [0.2, 0.25) is 0 Å². The highest BCUT2D eigenvalue weighted by Crippen LogP contribution is 2.10. The highest BCUT2D eigenvalue weighted by molar-refractivity contribution is 5.10. The van der Waals surface area contributed by atoms with Crippen molar-refractivity contribution in [1.29, 1.82) is 0 Å². The maximum Gasteiger partial charge on any atom is -0.0285 e. The molecule has 0 nitrogen and oxygen atoms in total. The second kappa shape index (κ2) is 8.58. The molecule has 0 aliphatic heterocycles. The van der Waals surface area contributed by atoms with Gasteiger partial charge in [-0.05, 0) is 12.8 Å². The van der Waals surface area contributed by atoms with Crippen LogP contribution in [0.2, 0.25) is 0 Å². The summed E-state index contributed by atoms with van der Waals surface area (Å²) in [6.45, 7) is 9.83. The predicted molar refractivity (Wildman–Crippen MR) is 57.3 cm³/mol. The normalized spacial score (nSPS) is 9.75. The summed E-state index contributed by atoms with van der Waals surface area (Å²) in [6.07, 6.45) is 11.2. The molecule has 12 heavy (non-hydrogen) atoms. The summed E-state index contributed by atoms with van der Waals surface area (Å²) in [6, 6.07) is 0. The van der Waals surface area contributed by atoms with Gasteiger partial charge in [-0.1, -0.05) is 63.8 Å². The van der Waals surface area contributed by atoms with Crippen LogP contribution >= 0.6 is 0 Å². The zero-order chi connectivity index (χ0) is 9.23. The molecule has 0 spiro atoms.